The Labute approximate surface area is 154 Å². The molecule has 2 aliphatic rings. The molecular formula is C21H29FN2O2. The SMILES string of the molecule is O=C1CCC(=O)C(Nc2ccc(CC3CCCCNCC3)c(F)c2)CC1. The van der Waals surface area contributed by atoms with Gasteiger partial charge in [0.25, 0.3) is 0 Å². The summed E-state index contributed by atoms with van der Waals surface area (Å²) in [7, 11) is 0. The van der Waals surface area contributed by atoms with E-state index in [0.717, 1.165) is 37.9 Å². The third kappa shape index (κ3) is 5.37. The number of halogens is 1. The van der Waals surface area contributed by atoms with Crippen LogP contribution in [0.4, 0.5) is 10.1 Å². The number of nitrogens with one attached hydrogen (secondary N) is 2. The van der Waals surface area contributed by atoms with Crippen molar-refractivity contribution in [3.05, 3.63) is 29.6 Å². The molecule has 5 heteroatoms. The van der Waals surface area contributed by atoms with Crippen molar-refractivity contribution in [1.29, 1.82) is 0 Å². The molecule has 0 bridgehead atoms. The minimum Gasteiger partial charge on any atom is -0.375 e. The molecule has 1 saturated heterocycles. The maximum Gasteiger partial charge on any atom is 0.155 e. The fourth-order valence-electron chi connectivity index (χ4n) is 3.96. The van der Waals surface area contributed by atoms with Gasteiger partial charge in [-0.1, -0.05) is 18.9 Å². The van der Waals surface area contributed by atoms with E-state index >= 15 is 0 Å². The Morgan fingerprint density at radius 1 is 1.04 bits per heavy atom. The lowest BCUT2D eigenvalue weighted by Crippen LogP contribution is -2.28. The molecule has 2 atom stereocenters. The predicted molar refractivity (Wildman–Crippen MR) is 101 cm³/mol. The maximum absolute atomic E-state index is 14.6. The van der Waals surface area contributed by atoms with Gasteiger partial charge >= 0.3 is 0 Å². The highest BCUT2D eigenvalue weighted by Crippen LogP contribution is 2.24. The van der Waals surface area contributed by atoms with Gasteiger partial charge in [0.15, 0.2) is 5.78 Å². The number of Topliss-reactive ketones (excluding diaryl/α,β-unsaturated/α-hetero) is 2. The zero-order valence-electron chi connectivity index (χ0n) is 15.4. The molecule has 1 aromatic carbocycles. The number of rotatable bonds is 4. The van der Waals surface area contributed by atoms with Crippen LogP contribution in [0.5, 0.6) is 0 Å². The molecule has 3 rings (SSSR count). The number of ketones is 2. The second-order valence-corrected chi connectivity index (χ2v) is 7.65. The molecule has 1 heterocycles. The van der Waals surface area contributed by atoms with Crippen LogP contribution in [-0.2, 0) is 16.0 Å². The molecular weight excluding hydrogens is 331 g/mol. The zero-order chi connectivity index (χ0) is 18.4. The summed E-state index contributed by atoms with van der Waals surface area (Å²) in [6.07, 6.45) is 6.94. The number of hydrogen-bond acceptors (Lipinski definition) is 4. The Kier molecular flexibility index (Phi) is 6.78. The molecule has 1 aromatic rings. The predicted octanol–water partition coefficient (Wildman–Crippen LogP) is 3.64. The number of anilines is 1. The first-order chi connectivity index (χ1) is 12.6. The lowest BCUT2D eigenvalue weighted by molar-refractivity contribution is -0.122. The van der Waals surface area contributed by atoms with Crippen LogP contribution in [0.2, 0.25) is 0 Å². The summed E-state index contributed by atoms with van der Waals surface area (Å²) in [5.74, 6) is 0.493. The second-order valence-electron chi connectivity index (χ2n) is 7.65. The van der Waals surface area contributed by atoms with Crippen molar-refractivity contribution in [1.82, 2.24) is 5.32 Å². The van der Waals surface area contributed by atoms with E-state index in [1.165, 1.54) is 18.9 Å². The fourth-order valence-corrected chi connectivity index (χ4v) is 3.96. The van der Waals surface area contributed by atoms with Gasteiger partial charge in [0.1, 0.15) is 11.6 Å². The van der Waals surface area contributed by atoms with Gasteiger partial charge in [-0.3, -0.25) is 9.59 Å². The van der Waals surface area contributed by atoms with Gasteiger partial charge in [-0.25, -0.2) is 4.39 Å². The van der Waals surface area contributed by atoms with Crippen LogP contribution in [-0.4, -0.2) is 30.7 Å². The van der Waals surface area contributed by atoms with Crippen LogP contribution in [0.25, 0.3) is 0 Å². The number of carbonyl (C=O) groups is 2. The second kappa shape index (κ2) is 9.26. The van der Waals surface area contributed by atoms with Gasteiger partial charge < -0.3 is 10.6 Å². The van der Waals surface area contributed by atoms with Crippen molar-refractivity contribution >= 4 is 17.3 Å². The van der Waals surface area contributed by atoms with Gasteiger partial charge in [-0.05, 0) is 62.4 Å². The van der Waals surface area contributed by atoms with E-state index in [1.54, 1.807) is 0 Å². The first-order valence-electron chi connectivity index (χ1n) is 9.92. The third-order valence-electron chi connectivity index (χ3n) is 5.60. The van der Waals surface area contributed by atoms with Crippen LogP contribution in [0.3, 0.4) is 0 Å². The summed E-state index contributed by atoms with van der Waals surface area (Å²) < 4.78 is 14.6. The molecule has 2 N–H and O–H groups in total. The Balaban J connectivity index is 1.61. The Hall–Kier alpha value is -1.75. The summed E-state index contributed by atoms with van der Waals surface area (Å²) in [5.41, 5.74) is 1.38. The molecule has 2 fully saturated rings. The van der Waals surface area contributed by atoms with Crippen LogP contribution in [0.15, 0.2) is 18.2 Å². The van der Waals surface area contributed by atoms with E-state index in [0.29, 0.717) is 30.9 Å². The van der Waals surface area contributed by atoms with Gasteiger partial charge in [0.2, 0.25) is 0 Å². The highest BCUT2D eigenvalue weighted by molar-refractivity contribution is 5.93. The van der Waals surface area contributed by atoms with Crippen molar-refractivity contribution < 1.29 is 14.0 Å². The summed E-state index contributed by atoms with van der Waals surface area (Å²) >= 11 is 0. The van der Waals surface area contributed by atoms with E-state index in [-0.39, 0.29) is 29.8 Å². The van der Waals surface area contributed by atoms with Gasteiger partial charge in [0.05, 0.1) is 6.04 Å². The van der Waals surface area contributed by atoms with E-state index in [1.807, 2.05) is 12.1 Å². The number of hydrogen-bond donors (Lipinski definition) is 2. The monoisotopic (exact) mass is 360 g/mol. The van der Waals surface area contributed by atoms with Gasteiger partial charge in [0, 0.05) is 24.9 Å². The van der Waals surface area contributed by atoms with E-state index in [4.69, 9.17) is 0 Å². The van der Waals surface area contributed by atoms with Gasteiger partial charge in [-0.15, -0.1) is 0 Å². The molecule has 2 unspecified atom stereocenters. The normalized spacial score (nSPS) is 25.3. The van der Waals surface area contributed by atoms with Crippen molar-refractivity contribution in [3.8, 4) is 0 Å². The molecule has 0 aromatic heterocycles. The van der Waals surface area contributed by atoms with Crippen LogP contribution in [0, 0.1) is 11.7 Å². The molecule has 4 nitrogen and oxygen atoms in total. The Morgan fingerprint density at radius 2 is 1.92 bits per heavy atom. The average Bonchev–Trinajstić information content (AvgIpc) is 2.75. The van der Waals surface area contributed by atoms with Crippen LogP contribution >= 0.6 is 0 Å². The lowest BCUT2D eigenvalue weighted by atomic mass is 9.90. The molecule has 1 aliphatic carbocycles. The Bertz CT molecular complexity index is 639. The number of benzene rings is 1. The van der Waals surface area contributed by atoms with Gasteiger partial charge in [-0.2, -0.15) is 0 Å². The quantitative estimate of drug-likeness (QED) is 0.805. The highest BCUT2D eigenvalue weighted by atomic mass is 19.1. The third-order valence-corrected chi connectivity index (χ3v) is 5.60. The summed E-state index contributed by atoms with van der Waals surface area (Å²) in [6, 6.07) is 4.81. The van der Waals surface area contributed by atoms with E-state index < -0.39 is 0 Å². The molecule has 0 amide bonds. The first-order valence-corrected chi connectivity index (χ1v) is 9.92. The summed E-state index contributed by atoms with van der Waals surface area (Å²) in [5, 5.41) is 6.55. The Morgan fingerprint density at radius 3 is 2.77 bits per heavy atom. The smallest absolute Gasteiger partial charge is 0.155 e. The molecule has 26 heavy (non-hydrogen) atoms. The van der Waals surface area contributed by atoms with E-state index in [9.17, 15) is 14.0 Å². The lowest BCUT2D eigenvalue weighted by Gasteiger charge is -2.21. The van der Waals surface area contributed by atoms with Crippen molar-refractivity contribution in [3.63, 3.8) is 0 Å². The van der Waals surface area contributed by atoms with Crippen LogP contribution in [0.1, 0.15) is 56.9 Å². The largest absolute Gasteiger partial charge is 0.375 e. The molecule has 1 saturated carbocycles. The summed E-state index contributed by atoms with van der Waals surface area (Å²) in [4.78, 5) is 23.6. The minimum absolute atomic E-state index is 0.0438. The van der Waals surface area contributed by atoms with Crippen LogP contribution < -0.4 is 10.6 Å². The molecule has 0 spiro atoms. The first kappa shape index (κ1) is 19.0. The van der Waals surface area contributed by atoms with Crippen molar-refractivity contribution in [2.45, 2.75) is 63.8 Å². The van der Waals surface area contributed by atoms with Crippen molar-refractivity contribution in [2.75, 3.05) is 18.4 Å². The standard InChI is InChI=1S/C21H29FN2O2/c22-19-14-17(24-20-8-6-18(25)7-9-21(20)26)5-4-16(19)13-15-3-1-2-11-23-12-10-15/h4-5,14-15,20,23-24H,1-3,6-13H2. The minimum atomic E-state index is -0.386. The highest BCUT2D eigenvalue weighted by Gasteiger charge is 2.24. The fraction of sp³-hybridized carbons (Fsp3) is 0.619. The van der Waals surface area contributed by atoms with E-state index in [2.05, 4.69) is 10.6 Å². The zero-order valence-corrected chi connectivity index (χ0v) is 15.4. The topological polar surface area (TPSA) is 58.2 Å². The van der Waals surface area contributed by atoms with Crippen molar-refractivity contribution in [2.24, 2.45) is 5.92 Å². The average molecular weight is 360 g/mol. The summed E-state index contributed by atoms with van der Waals surface area (Å²) in [6.45, 7) is 2.10. The molecule has 142 valence electrons. The maximum atomic E-state index is 14.6. The molecule has 1 aliphatic heterocycles. The number of carbonyl (C=O) groups excluding carboxylic acids is 2. The molecule has 0 radical (unpaired) electrons.